The van der Waals surface area contributed by atoms with Crippen LogP contribution in [0.1, 0.15) is 63.5 Å². The Morgan fingerprint density at radius 2 is 1.22 bits per heavy atom. The Morgan fingerprint density at radius 3 is 1.82 bits per heavy atom. The number of nitrogens with zero attached hydrogens (tertiary/aromatic N) is 1. The van der Waals surface area contributed by atoms with Gasteiger partial charge in [-0.3, -0.25) is 10.6 Å². The highest BCUT2D eigenvalue weighted by Crippen LogP contribution is 2.32. The number of urea groups is 1. The highest BCUT2D eigenvalue weighted by Gasteiger charge is 2.42. The number of hydrogen-bond acceptors (Lipinski definition) is 5. The van der Waals surface area contributed by atoms with Crippen LogP contribution in [-0.4, -0.2) is 30.5 Å². The van der Waals surface area contributed by atoms with Gasteiger partial charge in [-0.15, -0.1) is 0 Å². The number of hydrogen-bond donors (Lipinski definition) is 2. The molecule has 0 aliphatic carbocycles. The van der Waals surface area contributed by atoms with E-state index in [0.717, 1.165) is 41.5 Å². The van der Waals surface area contributed by atoms with Gasteiger partial charge in [0.2, 0.25) is 0 Å². The minimum Gasteiger partial charge on any atom is -0.464 e. The number of amidine groups is 1. The summed E-state index contributed by atoms with van der Waals surface area (Å²) in [5, 5.41) is 5.68. The molecule has 0 fully saturated rings. The van der Waals surface area contributed by atoms with E-state index in [1.54, 1.807) is 6.92 Å². The number of unbranched alkanes of at least 4 members (excludes halogenated alkanes) is 5. The van der Waals surface area contributed by atoms with Crippen molar-refractivity contribution in [1.29, 1.82) is 0 Å². The fraction of sp³-hybridized carbons (Fsp3) is 0.289. The van der Waals surface area contributed by atoms with Crippen LogP contribution >= 0.6 is 0 Å². The van der Waals surface area contributed by atoms with Crippen molar-refractivity contribution in [2.24, 2.45) is 4.99 Å². The van der Waals surface area contributed by atoms with Gasteiger partial charge in [-0.05, 0) is 35.6 Å². The lowest BCUT2D eigenvalue weighted by atomic mass is 10.0. The molecule has 1 aliphatic rings. The highest BCUT2D eigenvalue weighted by molar-refractivity contribution is 6.09. The summed E-state index contributed by atoms with van der Waals surface area (Å²) >= 11 is 0. The van der Waals surface area contributed by atoms with E-state index in [1.807, 2.05) is 109 Å². The third-order valence-corrected chi connectivity index (χ3v) is 7.85. The van der Waals surface area contributed by atoms with E-state index in [2.05, 4.69) is 17.6 Å². The first-order valence-electron chi connectivity index (χ1n) is 15.8. The Labute approximate surface area is 265 Å². The van der Waals surface area contributed by atoms with Crippen molar-refractivity contribution in [2.45, 2.75) is 64.3 Å². The summed E-state index contributed by atoms with van der Waals surface area (Å²) < 4.78 is 11.9. The summed E-state index contributed by atoms with van der Waals surface area (Å²) in [6, 6.07) is 35.0. The molecule has 0 spiro atoms. The zero-order chi connectivity index (χ0) is 31.5. The molecule has 5 rings (SSSR count). The molecular weight excluding hydrogens is 562 g/mol. The van der Waals surface area contributed by atoms with E-state index in [1.165, 1.54) is 19.3 Å². The smallest absolute Gasteiger partial charge is 0.335 e. The number of carbonyl (C=O) groups excluding carboxylic acids is 2. The average molecular weight is 604 g/mol. The largest absolute Gasteiger partial charge is 0.464 e. The first kappa shape index (κ1) is 31.7. The maximum absolute atomic E-state index is 13.2. The number of carbonyl (C=O) groups is 2. The molecule has 0 aromatic heterocycles. The van der Waals surface area contributed by atoms with Crippen molar-refractivity contribution in [3.63, 3.8) is 0 Å². The zero-order valence-electron chi connectivity index (χ0n) is 26.0. The Balaban J connectivity index is 1.41. The van der Waals surface area contributed by atoms with Gasteiger partial charge in [-0.1, -0.05) is 148 Å². The first-order chi connectivity index (χ1) is 22.0. The van der Waals surface area contributed by atoms with Crippen molar-refractivity contribution in [2.75, 3.05) is 6.61 Å². The van der Waals surface area contributed by atoms with Crippen LogP contribution in [-0.2, 0) is 20.1 Å². The summed E-state index contributed by atoms with van der Waals surface area (Å²) in [5.41, 5.74) is 5.47. The number of rotatable bonds is 14. The van der Waals surface area contributed by atoms with Gasteiger partial charge in [0.25, 0.3) is 5.85 Å². The number of amides is 2. The van der Waals surface area contributed by atoms with Crippen LogP contribution in [0.15, 0.2) is 114 Å². The van der Waals surface area contributed by atoms with E-state index >= 15 is 0 Å². The monoisotopic (exact) mass is 603 g/mol. The second kappa shape index (κ2) is 15.3. The summed E-state index contributed by atoms with van der Waals surface area (Å²) in [6.45, 7) is 4.14. The van der Waals surface area contributed by atoms with Gasteiger partial charge in [-0.25, -0.2) is 14.6 Å². The molecule has 0 radical (unpaired) electrons. The predicted molar refractivity (Wildman–Crippen MR) is 179 cm³/mol. The Bertz CT molecular complexity index is 1570. The van der Waals surface area contributed by atoms with Crippen LogP contribution in [0.5, 0.6) is 0 Å². The summed E-state index contributed by atoms with van der Waals surface area (Å²) in [5.74, 6) is -1.83. The maximum Gasteiger partial charge on any atom is 0.335 e. The van der Waals surface area contributed by atoms with E-state index < -0.39 is 24.0 Å². The molecule has 45 heavy (non-hydrogen) atoms. The van der Waals surface area contributed by atoms with E-state index in [9.17, 15) is 9.59 Å². The van der Waals surface area contributed by atoms with E-state index in [-0.39, 0.29) is 0 Å². The number of benzene rings is 4. The third-order valence-electron chi connectivity index (χ3n) is 7.85. The summed E-state index contributed by atoms with van der Waals surface area (Å²) in [4.78, 5) is 31.1. The lowest BCUT2D eigenvalue weighted by Crippen LogP contribution is -2.58. The van der Waals surface area contributed by atoms with Gasteiger partial charge in [0, 0.05) is 11.1 Å². The van der Waals surface area contributed by atoms with Crippen LogP contribution < -0.4 is 10.6 Å². The lowest BCUT2D eigenvalue weighted by molar-refractivity contribution is -0.172. The molecule has 0 saturated heterocycles. The molecule has 2 amide bonds. The summed E-state index contributed by atoms with van der Waals surface area (Å²) in [6.07, 6.45) is 5.55. The second-order valence-electron chi connectivity index (χ2n) is 11.3. The van der Waals surface area contributed by atoms with E-state index in [0.29, 0.717) is 23.6 Å². The molecule has 0 bridgehead atoms. The maximum atomic E-state index is 13.2. The van der Waals surface area contributed by atoms with Gasteiger partial charge in [0.05, 0.1) is 6.61 Å². The van der Waals surface area contributed by atoms with Crippen molar-refractivity contribution >= 4 is 17.8 Å². The average Bonchev–Trinajstić information content (AvgIpc) is 3.08. The molecule has 2 N–H and O–H groups in total. The van der Waals surface area contributed by atoms with Crippen LogP contribution in [0.4, 0.5) is 4.79 Å². The topological polar surface area (TPSA) is 89.0 Å². The SMILES string of the molecule is CCCCCCCCOC(=O)C(C)OC1(c2ccc(-c3ccccc3)cc2)N=C(c2ccc(-c3ccccc3)cc2)NC(=O)N1. The number of aliphatic imine (C=N–C) groups is 1. The number of ether oxygens (including phenoxy) is 2. The van der Waals surface area contributed by atoms with Crippen molar-refractivity contribution in [3.05, 3.63) is 120 Å². The van der Waals surface area contributed by atoms with Crippen LogP contribution in [0.25, 0.3) is 22.3 Å². The number of nitrogens with one attached hydrogen (secondary N) is 2. The molecule has 1 aliphatic heterocycles. The molecular formula is C38H41N3O4. The van der Waals surface area contributed by atoms with Crippen LogP contribution in [0, 0.1) is 0 Å². The predicted octanol–water partition coefficient (Wildman–Crippen LogP) is 8.20. The molecule has 4 aromatic rings. The molecule has 7 heteroatoms. The molecule has 0 saturated carbocycles. The Hall–Kier alpha value is -4.75. The van der Waals surface area contributed by atoms with Gasteiger partial charge in [-0.2, -0.15) is 0 Å². The normalized spacial score (nSPS) is 16.7. The minimum absolute atomic E-state index is 0.327. The Morgan fingerprint density at radius 1 is 0.711 bits per heavy atom. The molecule has 7 nitrogen and oxygen atoms in total. The second-order valence-corrected chi connectivity index (χ2v) is 11.3. The lowest BCUT2D eigenvalue weighted by Gasteiger charge is -2.36. The minimum atomic E-state index is -1.66. The first-order valence-corrected chi connectivity index (χ1v) is 15.8. The highest BCUT2D eigenvalue weighted by atomic mass is 16.6. The van der Waals surface area contributed by atoms with Crippen molar-refractivity contribution in [3.8, 4) is 22.3 Å². The standard InChI is InChI=1S/C38H41N3O4/c1-3-4-5-6-7-14-27-44-36(42)28(2)45-38(34-25-23-32(24-26-34)30-17-12-9-13-18-30)40-35(39-37(43)41-38)33-21-19-31(20-22-33)29-15-10-8-11-16-29/h8-13,15-26,28H,3-7,14,27H2,1-2H3,(H2,39,40,41,43). The van der Waals surface area contributed by atoms with Crippen molar-refractivity contribution < 1.29 is 19.1 Å². The van der Waals surface area contributed by atoms with Gasteiger partial charge in [0.1, 0.15) is 5.84 Å². The molecule has 4 aromatic carbocycles. The van der Waals surface area contributed by atoms with E-state index in [4.69, 9.17) is 14.5 Å². The zero-order valence-corrected chi connectivity index (χ0v) is 26.0. The summed E-state index contributed by atoms with van der Waals surface area (Å²) in [7, 11) is 0. The molecule has 232 valence electrons. The Kier molecular flexibility index (Phi) is 10.8. The fourth-order valence-electron chi connectivity index (χ4n) is 5.35. The van der Waals surface area contributed by atoms with Gasteiger partial charge < -0.3 is 9.47 Å². The molecule has 2 atom stereocenters. The van der Waals surface area contributed by atoms with Crippen LogP contribution in [0.2, 0.25) is 0 Å². The van der Waals surface area contributed by atoms with Gasteiger partial charge in [0.15, 0.2) is 6.10 Å². The molecule has 2 unspecified atom stereocenters. The van der Waals surface area contributed by atoms with Crippen molar-refractivity contribution in [1.82, 2.24) is 10.6 Å². The molecule has 1 heterocycles. The van der Waals surface area contributed by atoms with Gasteiger partial charge >= 0.3 is 12.0 Å². The van der Waals surface area contributed by atoms with Crippen LogP contribution in [0.3, 0.4) is 0 Å². The third kappa shape index (κ3) is 8.25. The number of esters is 1. The quantitative estimate of drug-likeness (QED) is 0.112. The fourth-order valence-corrected chi connectivity index (χ4v) is 5.35.